The Morgan fingerprint density at radius 1 is 1.35 bits per heavy atom. The number of aromatic nitrogens is 2. The van der Waals surface area contributed by atoms with Gasteiger partial charge in [0.15, 0.2) is 0 Å². The number of hydrogen-bond donors (Lipinski definition) is 1. The second-order valence-corrected chi connectivity index (χ2v) is 6.17. The van der Waals surface area contributed by atoms with E-state index in [-0.39, 0.29) is 5.92 Å². The number of carbonyl (C=O) groups is 1. The lowest BCUT2D eigenvalue weighted by Gasteiger charge is -2.08. The van der Waals surface area contributed by atoms with E-state index in [1.165, 1.54) is 0 Å². The van der Waals surface area contributed by atoms with E-state index < -0.39 is 5.97 Å². The summed E-state index contributed by atoms with van der Waals surface area (Å²) >= 11 is 5.94. The zero-order valence-corrected chi connectivity index (χ0v) is 13.8. The van der Waals surface area contributed by atoms with Crippen molar-refractivity contribution in [2.45, 2.75) is 38.5 Å². The van der Waals surface area contributed by atoms with Crippen molar-refractivity contribution in [3.63, 3.8) is 0 Å². The average molecular weight is 334 g/mol. The van der Waals surface area contributed by atoms with Crippen molar-refractivity contribution in [1.82, 2.24) is 9.78 Å². The van der Waals surface area contributed by atoms with Crippen LogP contribution in [0.1, 0.15) is 54.6 Å². The lowest BCUT2D eigenvalue weighted by molar-refractivity contribution is 0.0526. The largest absolute Gasteiger partial charge is 0.462 e. The van der Waals surface area contributed by atoms with Crippen LogP contribution >= 0.6 is 11.6 Å². The maximum atomic E-state index is 12.4. The van der Waals surface area contributed by atoms with Crippen LogP contribution in [0, 0.1) is 0 Å². The quantitative estimate of drug-likeness (QED) is 0.860. The minimum atomic E-state index is -0.396. The van der Waals surface area contributed by atoms with E-state index in [0.29, 0.717) is 23.0 Å². The lowest BCUT2D eigenvalue weighted by atomic mass is 10.00. The molecule has 0 spiro atoms. The van der Waals surface area contributed by atoms with E-state index in [0.717, 1.165) is 37.1 Å². The van der Waals surface area contributed by atoms with E-state index >= 15 is 0 Å². The molecule has 6 heteroatoms. The predicted octanol–water partition coefficient (Wildman–Crippen LogP) is 3.94. The number of halogens is 1. The van der Waals surface area contributed by atoms with Crippen LogP contribution in [0.2, 0.25) is 5.02 Å². The Bertz CT molecular complexity index is 703. The van der Waals surface area contributed by atoms with Gasteiger partial charge in [0.05, 0.1) is 18.0 Å². The van der Waals surface area contributed by atoms with Crippen LogP contribution in [-0.4, -0.2) is 22.4 Å². The Labute approximate surface area is 140 Å². The van der Waals surface area contributed by atoms with Crippen molar-refractivity contribution in [3.05, 3.63) is 40.5 Å². The maximum Gasteiger partial charge on any atom is 0.343 e. The number of nitrogen functional groups attached to an aromatic ring is 1. The molecule has 1 aliphatic rings. The maximum absolute atomic E-state index is 12.4. The Kier molecular flexibility index (Phi) is 4.57. The number of ether oxygens (including phenoxy) is 1. The highest BCUT2D eigenvalue weighted by atomic mass is 35.5. The van der Waals surface area contributed by atoms with Crippen LogP contribution in [0.15, 0.2) is 24.3 Å². The van der Waals surface area contributed by atoms with E-state index in [1.807, 2.05) is 12.1 Å². The molecule has 3 rings (SSSR count). The molecule has 0 radical (unpaired) electrons. The molecular formula is C17H20ClN3O2. The van der Waals surface area contributed by atoms with Gasteiger partial charge in [-0.15, -0.1) is 0 Å². The summed E-state index contributed by atoms with van der Waals surface area (Å²) in [5, 5.41) is 5.28. The van der Waals surface area contributed by atoms with E-state index in [4.69, 9.17) is 22.1 Å². The van der Waals surface area contributed by atoms with Crippen molar-refractivity contribution in [1.29, 1.82) is 0 Å². The summed E-state index contributed by atoms with van der Waals surface area (Å²) in [6.07, 6.45) is 4.37. The number of nitrogens with zero attached hydrogens (tertiary/aromatic N) is 2. The minimum Gasteiger partial charge on any atom is -0.462 e. The molecule has 2 N–H and O–H groups in total. The van der Waals surface area contributed by atoms with Crippen molar-refractivity contribution in [2.75, 3.05) is 12.3 Å². The predicted molar refractivity (Wildman–Crippen MR) is 90.2 cm³/mol. The van der Waals surface area contributed by atoms with Crippen molar-refractivity contribution in [3.8, 4) is 5.69 Å². The topological polar surface area (TPSA) is 70.1 Å². The Hall–Kier alpha value is -2.01. The third kappa shape index (κ3) is 3.06. The molecule has 1 heterocycles. The molecule has 0 bridgehead atoms. The zero-order chi connectivity index (χ0) is 16.4. The third-order valence-electron chi connectivity index (χ3n) is 4.24. The number of nitrogens with two attached hydrogens (primary N) is 1. The molecule has 0 saturated heterocycles. The van der Waals surface area contributed by atoms with Crippen LogP contribution in [-0.2, 0) is 4.74 Å². The molecular weight excluding hydrogens is 314 g/mol. The van der Waals surface area contributed by atoms with Gasteiger partial charge < -0.3 is 10.5 Å². The third-order valence-corrected chi connectivity index (χ3v) is 4.49. The average Bonchev–Trinajstić information content (AvgIpc) is 3.16. The molecule has 23 heavy (non-hydrogen) atoms. The second kappa shape index (κ2) is 6.62. The highest BCUT2D eigenvalue weighted by Crippen LogP contribution is 2.37. The van der Waals surface area contributed by atoms with Crippen LogP contribution in [0.25, 0.3) is 5.69 Å². The van der Waals surface area contributed by atoms with Gasteiger partial charge in [-0.05, 0) is 44.0 Å². The highest BCUT2D eigenvalue weighted by Gasteiger charge is 2.30. The molecule has 1 aromatic heterocycles. The fourth-order valence-corrected chi connectivity index (χ4v) is 3.25. The summed E-state index contributed by atoms with van der Waals surface area (Å²) in [6, 6.07) is 7.21. The molecule has 1 saturated carbocycles. The summed E-state index contributed by atoms with van der Waals surface area (Å²) in [6.45, 7) is 2.10. The van der Waals surface area contributed by atoms with Crippen molar-refractivity contribution < 1.29 is 9.53 Å². The highest BCUT2D eigenvalue weighted by molar-refractivity contribution is 6.30. The summed E-state index contributed by atoms with van der Waals surface area (Å²) in [5.74, 6) is 0.199. The minimum absolute atomic E-state index is 0.269. The molecule has 0 aliphatic heterocycles. The Balaban J connectivity index is 2.08. The molecule has 5 nitrogen and oxygen atoms in total. The smallest absolute Gasteiger partial charge is 0.343 e. The normalized spacial score (nSPS) is 15.0. The Morgan fingerprint density at radius 2 is 2.00 bits per heavy atom. The van der Waals surface area contributed by atoms with Gasteiger partial charge in [-0.2, -0.15) is 5.10 Å². The molecule has 1 aromatic carbocycles. The van der Waals surface area contributed by atoms with E-state index in [1.54, 1.807) is 23.7 Å². The van der Waals surface area contributed by atoms with Crippen LogP contribution in [0.5, 0.6) is 0 Å². The van der Waals surface area contributed by atoms with Crippen molar-refractivity contribution >= 4 is 23.4 Å². The molecule has 0 unspecified atom stereocenters. The summed E-state index contributed by atoms with van der Waals surface area (Å²) in [7, 11) is 0. The van der Waals surface area contributed by atoms with Gasteiger partial charge in [0.25, 0.3) is 0 Å². The summed E-state index contributed by atoms with van der Waals surface area (Å²) < 4.78 is 6.79. The van der Waals surface area contributed by atoms with Gasteiger partial charge in [0.2, 0.25) is 0 Å². The molecule has 1 aliphatic carbocycles. The molecule has 0 atom stereocenters. The van der Waals surface area contributed by atoms with Crippen LogP contribution in [0.3, 0.4) is 0 Å². The first-order valence-electron chi connectivity index (χ1n) is 7.93. The standard InChI is InChI=1S/C17H20ClN3O2/c1-2-23-17(22)14-15(11-5-3-4-6-11)20-21(16(14)19)13-9-7-12(18)8-10-13/h7-11H,2-6,19H2,1H3. The fraction of sp³-hybridized carbons (Fsp3) is 0.412. The Morgan fingerprint density at radius 3 is 2.61 bits per heavy atom. The number of esters is 1. The first-order chi connectivity index (χ1) is 11.1. The summed E-state index contributed by atoms with van der Waals surface area (Å²) in [5.41, 5.74) is 8.19. The van der Waals surface area contributed by atoms with Gasteiger partial charge in [-0.1, -0.05) is 24.4 Å². The first kappa shape index (κ1) is 15.9. The van der Waals surface area contributed by atoms with E-state index in [9.17, 15) is 4.79 Å². The zero-order valence-electron chi connectivity index (χ0n) is 13.1. The van der Waals surface area contributed by atoms with Crippen LogP contribution < -0.4 is 5.73 Å². The fourth-order valence-electron chi connectivity index (χ4n) is 3.13. The first-order valence-corrected chi connectivity index (χ1v) is 8.31. The number of rotatable bonds is 4. The van der Waals surface area contributed by atoms with Gasteiger partial charge in [0.1, 0.15) is 11.4 Å². The molecule has 0 amide bonds. The lowest BCUT2D eigenvalue weighted by Crippen LogP contribution is -2.11. The molecule has 2 aromatic rings. The molecule has 122 valence electrons. The molecule has 1 fully saturated rings. The monoisotopic (exact) mass is 333 g/mol. The number of carbonyl (C=O) groups excluding carboxylic acids is 1. The van der Waals surface area contributed by atoms with Crippen molar-refractivity contribution in [2.24, 2.45) is 0 Å². The van der Waals surface area contributed by atoms with Gasteiger partial charge in [-0.3, -0.25) is 0 Å². The number of hydrogen-bond acceptors (Lipinski definition) is 4. The van der Waals surface area contributed by atoms with Crippen LogP contribution in [0.4, 0.5) is 5.82 Å². The van der Waals surface area contributed by atoms with Gasteiger partial charge in [0, 0.05) is 10.9 Å². The van der Waals surface area contributed by atoms with Gasteiger partial charge in [-0.25, -0.2) is 9.48 Å². The second-order valence-electron chi connectivity index (χ2n) is 5.74. The number of benzene rings is 1. The summed E-state index contributed by atoms with van der Waals surface area (Å²) in [4.78, 5) is 12.4. The van der Waals surface area contributed by atoms with E-state index in [2.05, 4.69) is 5.10 Å². The number of anilines is 1. The SMILES string of the molecule is CCOC(=O)c1c(C2CCCC2)nn(-c2ccc(Cl)cc2)c1N. The van der Waals surface area contributed by atoms with Gasteiger partial charge >= 0.3 is 5.97 Å².